The maximum Gasteiger partial charge on any atom is 0.311 e. The van der Waals surface area contributed by atoms with Crippen LogP contribution in [0.15, 0.2) is 12.3 Å². The first-order valence-electron chi connectivity index (χ1n) is 5.48. The van der Waals surface area contributed by atoms with E-state index in [4.69, 9.17) is 0 Å². The SMILES string of the molecule is Cc1nccc(NC(C)(C)C(C)(C)C(=O)O)n1. The molecular formula is C12H19N3O2. The molecule has 0 bridgehead atoms. The first-order chi connectivity index (χ1) is 7.67. The Balaban J connectivity index is 2.97. The van der Waals surface area contributed by atoms with E-state index in [9.17, 15) is 9.90 Å². The van der Waals surface area contributed by atoms with Crippen LogP contribution in [-0.4, -0.2) is 26.6 Å². The second kappa shape index (κ2) is 4.31. The van der Waals surface area contributed by atoms with Gasteiger partial charge in [0.15, 0.2) is 0 Å². The zero-order chi connectivity index (χ0) is 13.3. The van der Waals surface area contributed by atoms with Crippen LogP contribution in [0, 0.1) is 12.3 Å². The Bertz CT molecular complexity index is 428. The smallest absolute Gasteiger partial charge is 0.311 e. The molecule has 0 atom stereocenters. The van der Waals surface area contributed by atoms with E-state index in [0.29, 0.717) is 11.6 Å². The number of carboxylic acids is 1. The predicted molar refractivity (Wildman–Crippen MR) is 65.9 cm³/mol. The number of hydrogen-bond acceptors (Lipinski definition) is 4. The van der Waals surface area contributed by atoms with E-state index in [1.807, 2.05) is 13.8 Å². The van der Waals surface area contributed by atoms with E-state index in [2.05, 4.69) is 15.3 Å². The summed E-state index contributed by atoms with van der Waals surface area (Å²) in [5.74, 6) is 0.441. The molecule has 17 heavy (non-hydrogen) atoms. The zero-order valence-electron chi connectivity index (χ0n) is 10.9. The van der Waals surface area contributed by atoms with Crippen molar-refractivity contribution in [2.75, 3.05) is 5.32 Å². The number of nitrogens with one attached hydrogen (secondary N) is 1. The molecule has 0 radical (unpaired) electrons. The zero-order valence-corrected chi connectivity index (χ0v) is 10.9. The summed E-state index contributed by atoms with van der Waals surface area (Å²) in [4.78, 5) is 19.5. The molecule has 0 aliphatic carbocycles. The lowest BCUT2D eigenvalue weighted by Gasteiger charge is -2.39. The number of anilines is 1. The molecule has 0 fully saturated rings. The van der Waals surface area contributed by atoms with Gasteiger partial charge in [-0.05, 0) is 40.7 Å². The van der Waals surface area contributed by atoms with Gasteiger partial charge in [-0.2, -0.15) is 0 Å². The monoisotopic (exact) mass is 237 g/mol. The third-order valence-electron chi connectivity index (χ3n) is 3.31. The van der Waals surface area contributed by atoms with Crippen LogP contribution in [0.5, 0.6) is 0 Å². The van der Waals surface area contributed by atoms with E-state index >= 15 is 0 Å². The molecule has 1 aromatic rings. The molecule has 0 saturated heterocycles. The van der Waals surface area contributed by atoms with Crippen molar-refractivity contribution in [2.24, 2.45) is 5.41 Å². The molecule has 0 aliphatic heterocycles. The number of aromatic nitrogens is 2. The summed E-state index contributed by atoms with van der Waals surface area (Å²) in [5, 5.41) is 12.4. The minimum Gasteiger partial charge on any atom is -0.481 e. The third-order valence-corrected chi connectivity index (χ3v) is 3.31. The quantitative estimate of drug-likeness (QED) is 0.838. The van der Waals surface area contributed by atoms with Crippen LogP contribution >= 0.6 is 0 Å². The molecule has 5 heteroatoms. The van der Waals surface area contributed by atoms with Crippen molar-refractivity contribution < 1.29 is 9.90 Å². The summed E-state index contributed by atoms with van der Waals surface area (Å²) in [7, 11) is 0. The highest BCUT2D eigenvalue weighted by Crippen LogP contribution is 2.33. The molecule has 0 amide bonds. The van der Waals surface area contributed by atoms with Gasteiger partial charge in [0, 0.05) is 11.7 Å². The molecule has 2 N–H and O–H groups in total. The maximum absolute atomic E-state index is 11.3. The number of hydrogen-bond donors (Lipinski definition) is 2. The molecule has 0 aliphatic rings. The van der Waals surface area contributed by atoms with Crippen molar-refractivity contribution in [1.29, 1.82) is 0 Å². The average Bonchev–Trinajstić information content (AvgIpc) is 2.16. The van der Waals surface area contributed by atoms with Crippen LogP contribution in [0.1, 0.15) is 33.5 Å². The number of carboxylic acid groups (broad SMARTS) is 1. The Morgan fingerprint density at radius 3 is 2.41 bits per heavy atom. The lowest BCUT2D eigenvalue weighted by molar-refractivity contribution is -0.149. The van der Waals surface area contributed by atoms with Gasteiger partial charge in [0.2, 0.25) is 0 Å². The summed E-state index contributed by atoms with van der Waals surface area (Å²) in [6, 6.07) is 1.73. The molecule has 0 spiro atoms. The molecule has 0 saturated carbocycles. The van der Waals surface area contributed by atoms with Gasteiger partial charge >= 0.3 is 5.97 Å². The minimum absolute atomic E-state index is 0.625. The number of aryl methyl sites for hydroxylation is 1. The lowest BCUT2D eigenvalue weighted by atomic mass is 9.74. The normalized spacial score (nSPS) is 12.3. The first-order valence-corrected chi connectivity index (χ1v) is 5.48. The fourth-order valence-electron chi connectivity index (χ4n) is 1.27. The molecule has 0 unspecified atom stereocenters. The molecule has 1 rings (SSSR count). The molecule has 94 valence electrons. The molecular weight excluding hydrogens is 218 g/mol. The Kier molecular flexibility index (Phi) is 3.40. The van der Waals surface area contributed by atoms with Gasteiger partial charge in [0.1, 0.15) is 11.6 Å². The van der Waals surface area contributed by atoms with Crippen LogP contribution in [0.4, 0.5) is 5.82 Å². The summed E-state index contributed by atoms with van der Waals surface area (Å²) < 4.78 is 0. The van der Waals surface area contributed by atoms with E-state index < -0.39 is 16.9 Å². The average molecular weight is 237 g/mol. The minimum atomic E-state index is -0.911. The fraction of sp³-hybridized carbons (Fsp3) is 0.583. The first kappa shape index (κ1) is 13.4. The predicted octanol–water partition coefficient (Wildman–Crippen LogP) is 2.09. The Morgan fingerprint density at radius 2 is 1.94 bits per heavy atom. The van der Waals surface area contributed by atoms with E-state index in [1.165, 1.54) is 0 Å². The van der Waals surface area contributed by atoms with Crippen LogP contribution in [0.3, 0.4) is 0 Å². The lowest BCUT2D eigenvalue weighted by Crippen LogP contribution is -2.50. The van der Waals surface area contributed by atoms with Crippen molar-refractivity contribution in [3.05, 3.63) is 18.1 Å². The second-order valence-electron chi connectivity index (χ2n) is 5.17. The molecule has 1 heterocycles. The van der Waals surface area contributed by atoms with Crippen molar-refractivity contribution in [2.45, 2.75) is 40.2 Å². The molecule has 1 aromatic heterocycles. The van der Waals surface area contributed by atoms with Crippen molar-refractivity contribution >= 4 is 11.8 Å². The summed E-state index contributed by atoms with van der Waals surface area (Å²) in [6.07, 6.45) is 1.65. The highest BCUT2D eigenvalue weighted by atomic mass is 16.4. The summed E-state index contributed by atoms with van der Waals surface area (Å²) >= 11 is 0. The number of nitrogens with zero attached hydrogens (tertiary/aromatic N) is 2. The summed E-state index contributed by atoms with van der Waals surface area (Å²) in [6.45, 7) is 8.87. The van der Waals surface area contributed by atoms with Crippen molar-refractivity contribution in [3.63, 3.8) is 0 Å². The number of aliphatic carboxylic acids is 1. The third kappa shape index (κ3) is 2.72. The van der Waals surface area contributed by atoms with Gasteiger partial charge in [-0.15, -0.1) is 0 Å². The van der Waals surface area contributed by atoms with Gasteiger partial charge in [-0.25, -0.2) is 9.97 Å². The van der Waals surface area contributed by atoms with Gasteiger partial charge in [0.25, 0.3) is 0 Å². The van der Waals surface area contributed by atoms with E-state index in [-0.39, 0.29) is 0 Å². The van der Waals surface area contributed by atoms with E-state index in [1.54, 1.807) is 33.0 Å². The highest BCUT2D eigenvalue weighted by Gasteiger charge is 2.43. The number of rotatable bonds is 4. The van der Waals surface area contributed by atoms with Crippen molar-refractivity contribution in [1.82, 2.24) is 9.97 Å². The van der Waals surface area contributed by atoms with Gasteiger partial charge in [-0.1, -0.05) is 0 Å². The Hall–Kier alpha value is -1.65. The second-order valence-corrected chi connectivity index (χ2v) is 5.17. The van der Waals surface area contributed by atoms with Gasteiger partial charge in [0.05, 0.1) is 5.41 Å². The molecule has 0 aromatic carbocycles. The highest BCUT2D eigenvalue weighted by molar-refractivity contribution is 5.76. The van der Waals surface area contributed by atoms with Crippen LogP contribution in [0.2, 0.25) is 0 Å². The topological polar surface area (TPSA) is 75.1 Å². The summed E-state index contributed by atoms with van der Waals surface area (Å²) in [5.41, 5.74) is -1.54. The standard InChI is InChI=1S/C12H19N3O2/c1-8-13-7-6-9(14-8)15-12(4,5)11(2,3)10(16)17/h6-7H,1-5H3,(H,16,17)(H,13,14,15). The van der Waals surface area contributed by atoms with Gasteiger partial charge < -0.3 is 10.4 Å². The number of carbonyl (C=O) groups is 1. The van der Waals surface area contributed by atoms with E-state index in [0.717, 1.165) is 0 Å². The van der Waals surface area contributed by atoms with Crippen LogP contribution < -0.4 is 5.32 Å². The maximum atomic E-state index is 11.3. The largest absolute Gasteiger partial charge is 0.481 e. The van der Waals surface area contributed by atoms with Crippen molar-refractivity contribution in [3.8, 4) is 0 Å². The fourth-order valence-corrected chi connectivity index (χ4v) is 1.27. The van der Waals surface area contributed by atoms with Gasteiger partial charge in [-0.3, -0.25) is 4.79 Å². The Labute approximate surface area is 101 Å². The Morgan fingerprint density at radius 1 is 1.35 bits per heavy atom. The van der Waals surface area contributed by atoms with Crippen LogP contribution in [0.25, 0.3) is 0 Å². The molecule has 5 nitrogen and oxygen atoms in total. The van der Waals surface area contributed by atoms with Crippen LogP contribution in [-0.2, 0) is 4.79 Å².